The van der Waals surface area contributed by atoms with Crippen LogP contribution >= 0.6 is 22.7 Å². The molecule has 3 atom stereocenters. The van der Waals surface area contributed by atoms with Crippen LogP contribution in [0, 0.1) is 0 Å². The van der Waals surface area contributed by atoms with Gasteiger partial charge in [0.25, 0.3) is 0 Å². The highest BCUT2D eigenvalue weighted by molar-refractivity contribution is 7.15. The average Bonchev–Trinajstić information content (AvgIpc) is 4.14. The molecule has 0 saturated carbocycles. The summed E-state index contributed by atoms with van der Waals surface area (Å²) in [5.41, 5.74) is 6.23. The Morgan fingerprint density at radius 1 is 0.644 bits per heavy atom. The first-order valence-electron chi connectivity index (χ1n) is 20.4. The Kier molecular flexibility index (Phi) is 11.6. The molecule has 5 heterocycles. The molecule has 3 unspecified atom stereocenters. The van der Waals surface area contributed by atoms with E-state index in [-0.39, 0.29) is 29.9 Å². The van der Waals surface area contributed by atoms with Crippen molar-refractivity contribution in [3.8, 4) is 32.0 Å². The van der Waals surface area contributed by atoms with Gasteiger partial charge in [0.1, 0.15) is 16.1 Å². The molecule has 3 aliphatic rings. The van der Waals surface area contributed by atoms with Crippen LogP contribution in [-0.4, -0.2) is 81.9 Å². The first-order chi connectivity index (χ1) is 29.0. The molecule has 0 radical (unpaired) electrons. The monoisotopic (exact) mass is 822 g/mol. The lowest BCUT2D eigenvalue weighted by Gasteiger charge is -2.32. The van der Waals surface area contributed by atoms with E-state index < -0.39 is 6.04 Å². The Labute approximate surface area is 352 Å². The van der Waals surface area contributed by atoms with E-state index in [9.17, 15) is 14.4 Å². The zero-order valence-electron chi connectivity index (χ0n) is 32.7. The van der Waals surface area contributed by atoms with Gasteiger partial charge in [-0.05, 0) is 59.1 Å². The third-order valence-corrected chi connectivity index (χ3v) is 13.8. The van der Waals surface area contributed by atoms with Crippen LogP contribution in [0.25, 0.3) is 32.0 Å². The van der Waals surface area contributed by atoms with Crippen LogP contribution in [0.2, 0.25) is 0 Å². The number of likely N-dealkylation sites (tertiary alicyclic amines) is 2. The molecular formula is C47H46N6O4S2. The van der Waals surface area contributed by atoms with E-state index in [1.54, 1.807) is 27.6 Å². The number of carbonyl (C=O) groups excluding carboxylic acids is 3. The fourth-order valence-electron chi connectivity index (χ4n) is 8.37. The normalized spacial score (nSPS) is 18.5. The maximum atomic E-state index is 14.3. The highest BCUT2D eigenvalue weighted by atomic mass is 32.1. The molecule has 0 spiro atoms. The van der Waals surface area contributed by atoms with Gasteiger partial charge in [-0.25, -0.2) is 14.8 Å². The maximum absolute atomic E-state index is 14.3. The van der Waals surface area contributed by atoms with E-state index in [4.69, 9.17) is 14.7 Å². The van der Waals surface area contributed by atoms with E-state index in [2.05, 4.69) is 53.8 Å². The summed E-state index contributed by atoms with van der Waals surface area (Å²) < 4.78 is 5.43. The first-order valence-corrected chi connectivity index (χ1v) is 22.1. The van der Waals surface area contributed by atoms with E-state index in [1.165, 1.54) is 0 Å². The average molecular weight is 823 g/mol. The molecule has 4 amide bonds. The van der Waals surface area contributed by atoms with Crippen molar-refractivity contribution in [2.45, 2.75) is 50.2 Å². The number of carbonyl (C=O) groups is 3. The lowest BCUT2D eigenvalue weighted by Crippen LogP contribution is -2.50. The minimum absolute atomic E-state index is 0.0314. The van der Waals surface area contributed by atoms with Gasteiger partial charge in [-0.3, -0.25) is 9.59 Å². The second-order valence-electron chi connectivity index (χ2n) is 15.3. The Morgan fingerprint density at radius 3 is 1.73 bits per heavy atom. The smallest absolute Gasteiger partial charge is 0.318 e. The number of hydrogen-bond donors (Lipinski definition) is 1. The molecular weight excluding hydrogens is 777 g/mol. The summed E-state index contributed by atoms with van der Waals surface area (Å²) in [7, 11) is 0. The molecule has 59 heavy (non-hydrogen) atoms. The molecule has 3 fully saturated rings. The van der Waals surface area contributed by atoms with Crippen molar-refractivity contribution in [2.24, 2.45) is 0 Å². The Morgan fingerprint density at radius 2 is 1.15 bits per heavy atom. The largest absolute Gasteiger partial charge is 0.378 e. The number of nitrogens with zero attached hydrogens (tertiary/aromatic N) is 5. The number of morpholine rings is 1. The number of thiazole rings is 2. The molecule has 10 nitrogen and oxygen atoms in total. The number of nitrogens with one attached hydrogen (secondary N) is 1. The number of amides is 4. The van der Waals surface area contributed by atoms with Crippen molar-refractivity contribution < 1.29 is 19.1 Å². The van der Waals surface area contributed by atoms with Crippen molar-refractivity contribution in [1.29, 1.82) is 0 Å². The topological polar surface area (TPSA) is 108 Å². The summed E-state index contributed by atoms with van der Waals surface area (Å²) in [5, 5.41) is 4.95. The van der Waals surface area contributed by atoms with Gasteiger partial charge in [0.2, 0.25) is 11.8 Å². The molecule has 2 aromatic heterocycles. The van der Waals surface area contributed by atoms with Gasteiger partial charge < -0.3 is 24.8 Å². The zero-order valence-corrected chi connectivity index (χ0v) is 34.4. The van der Waals surface area contributed by atoms with Gasteiger partial charge >= 0.3 is 6.03 Å². The number of rotatable bonds is 10. The fraction of sp³-hybridized carbons (Fsp3) is 0.298. The highest BCUT2D eigenvalue weighted by Crippen LogP contribution is 2.40. The second-order valence-corrected chi connectivity index (χ2v) is 17.4. The number of urea groups is 1. The summed E-state index contributed by atoms with van der Waals surface area (Å²) in [6.07, 6.45) is 7.90. The van der Waals surface area contributed by atoms with Crippen LogP contribution < -0.4 is 5.32 Å². The summed E-state index contributed by atoms with van der Waals surface area (Å²) in [5.74, 6) is 0.0455. The van der Waals surface area contributed by atoms with Crippen molar-refractivity contribution in [3.05, 3.63) is 143 Å². The van der Waals surface area contributed by atoms with E-state index >= 15 is 0 Å². The predicted molar refractivity (Wildman–Crippen MR) is 232 cm³/mol. The first kappa shape index (κ1) is 38.8. The Balaban J connectivity index is 0.849. The van der Waals surface area contributed by atoms with Gasteiger partial charge in [-0.1, -0.05) is 109 Å². The predicted octanol–water partition coefficient (Wildman–Crippen LogP) is 8.95. The van der Waals surface area contributed by atoms with Crippen molar-refractivity contribution >= 4 is 40.5 Å². The van der Waals surface area contributed by atoms with Crippen LogP contribution in [0.15, 0.2) is 122 Å². The lowest BCUT2D eigenvalue weighted by molar-refractivity contribution is -0.134. The van der Waals surface area contributed by atoms with E-state index in [0.717, 1.165) is 85.4 Å². The van der Waals surface area contributed by atoms with Gasteiger partial charge in [0, 0.05) is 38.6 Å². The molecule has 3 saturated heterocycles. The number of aromatic nitrogens is 2. The van der Waals surface area contributed by atoms with Crippen LogP contribution in [0.5, 0.6) is 0 Å². The Hall–Kier alpha value is -5.69. The van der Waals surface area contributed by atoms with Gasteiger partial charge in [0.05, 0.1) is 41.5 Å². The summed E-state index contributed by atoms with van der Waals surface area (Å²) in [6.45, 7) is 3.37. The van der Waals surface area contributed by atoms with Crippen molar-refractivity contribution in [1.82, 2.24) is 30.0 Å². The van der Waals surface area contributed by atoms with E-state index in [1.807, 2.05) is 82.9 Å². The van der Waals surface area contributed by atoms with Crippen LogP contribution in [-0.2, 0) is 20.7 Å². The SMILES string of the molecule is O=C(NC(C(=O)N1CCCC1c1ncc(-c2ccc(-c3ccc(-c4cnc(C5CCCN5C(=O)Cc5ccccc5)s4)cc3)cc2)s1)c1ccccc1)N1CCOCC1. The summed E-state index contributed by atoms with van der Waals surface area (Å²) in [4.78, 5) is 58.2. The standard InChI is InChI=1S/C47H46N6O4S2/c54-42(29-32-9-3-1-4-10-32)52-23-7-13-38(52)44-48-30-40(58-44)35-19-15-33(16-20-35)34-17-21-36(22-18-34)41-31-49-45(59-41)39-14-8-24-53(39)46(55)43(37-11-5-2-6-12-37)50-47(56)51-25-27-57-28-26-51/h1-6,9-12,15-22,30-31,38-39,43H,7-8,13-14,23-29H2,(H,50,56). The summed E-state index contributed by atoms with van der Waals surface area (Å²) in [6, 6.07) is 35.4. The number of ether oxygens (including phenoxy) is 1. The molecule has 300 valence electrons. The van der Waals surface area contributed by atoms with Crippen molar-refractivity contribution in [3.63, 3.8) is 0 Å². The Bertz CT molecular complexity index is 2380. The fourth-order valence-corrected chi connectivity index (χ4v) is 10.5. The maximum Gasteiger partial charge on any atom is 0.318 e. The minimum atomic E-state index is -0.794. The quantitative estimate of drug-likeness (QED) is 0.148. The molecule has 9 rings (SSSR count). The van der Waals surface area contributed by atoms with Crippen LogP contribution in [0.1, 0.15) is 65.0 Å². The molecule has 12 heteroatoms. The lowest BCUT2D eigenvalue weighted by atomic mass is 10.0. The molecule has 6 aromatic rings. The zero-order chi connectivity index (χ0) is 40.1. The second kappa shape index (κ2) is 17.7. The summed E-state index contributed by atoms with van der Waals surface area (Å²) >= 11 is 3.30. The van der Waals surface area contributed by atoms with Crippen molar-refractivity contribution in [2.75, 3.05) is 39.4 Å². The molecule has 0 bridgehead atoms. The highest BCUT2D eigenvalue weighted by Gasteiger charge is 2.38. The molecule has 4 aromatic carbocycles. The van der Waals surface area contributed by atoms with Gasteiger partial charge in [-0.15, -0.1) is 22.7 Å². The minimum Gasteiger partial charge on any atom is -0.378 e. The van der Waals surface area contributed by atoms with Crippen LogP contribution in [0.3, 0.4) is 0 Å². The molecule has 3 aliphatic heterocycles. The molecule has 0 aliphatic carbocycles. The number of hydrogen-bond acceptors (Lipinski definition) is 8. The van der Waals surface area contributed by atoms with Gasteiger partial charge in [0.15, 0.2) is 0 Å². The number of benzene rings is 4. The molecule has 1 N–H and O–H groups in total. The third kappa shape index (κ3) is 8.57. The van der Waals surface area contributed by atoms with Gasteiger partial charge in [-0.2, -0.15) is 0 Å². The third-order valence-electron chi connectivity index (χ3n) is 11.5. The van der Waals surface area contributed by atoms with Crippen LogP contribution in [0.4, 0.5) is 4.79 Å². The van der Waals surface area contributed by atoms with E-state index in [0.29, 0.717) is 39.3 Å².